The van der Waals surface area contributed by atoms with Gasteiger partial charge in [-0.05, 0) is 36.4 Å². The number of aliphatic hydroxyl groups is 1. The van der Waals surface area contributed by atoms with Crippen molar-refractivity contribution in [1.82, 2.24) is 10.2 Å². The van der Waals surface area contributed by atoms with Crippen LogP contribution in [-0.2, 0) is 9.84 Å². The minimum atomic E-state index is -3.44. The third kappa shape index (κ3) is 7.22. The third-order valence-electron chi connectivity index (χ3n) is 6.38. The Morgan fingerprint density at radius 1 is 0.868 bits per heavy atom. The molecule has 12 heteroatoms. The molecule has 1 aliphatic heterocycles. The first kappa shape index (κ1) is 29.4. The van der Waals surface area contributed by atoms with Gasteiger partial charge in [-0.25, -0.2) is 8.42 Å². The quantitative estimate of drug-likeness (QED) is 0.255. The van der Waals surface area contributed by atoms with E-state index >= 15 is 0 Å². The summed E-state index contributed by atoms with van der Waals surface area (Å²) >= 11 is 0. The van der Waals surface area contributed by atoms with Crippen LogP contribution in [-0.4, -0.2) is 108 Å². The zero-order valence-corrected chi connectivity index (χ0v) is 22.7. The number of ether oxygens (including phenoxy) is 4. The Morgan fingerprint density at radius 3 is 1.87 bits per heavy atom. The maximum atomic E-state index is 13.1. The number of hydrogen-bond acceptors (Lipinski definition) is 11. The van der Waals surface area contributed by atoms with Crippen molar-refractivity contribution < 1.29 is 42.1 Å². The summed E-state index contributed by atoms with van der Waals surface area (Å²) in [7, 11) is 2.51. The Morgan fingerprint density at radius 2 is 1.39 bits per heavy atom. The average Bonchev–Trinajstić information content (AvgIpc) is 3.20. The highest BCUT2D eigenvalue weighted by atomic mass is 32.2. The molecule has 1 heterocycles. The smallest absolute Gasteiger partial charge is 0.176 e. The van der Waals surface area contributed by atoms with Crippen LogP contribution in [0.15, 0.2) is 36.4 Å². The number of methoxy groups -OCH3 is 4. The van der Waals surface area contributed by atoms with E-state index in [1.807, 2.05) is 0 Å². The van der Waals surface area contributed by atoms with E-state index < -0.39 is 22.0 Å². The van der Waals surface area contributed by atoms with Crippen molar-refractivity contribution >= 4 is 21.4 Å². The first-order chi connectivity index (χ1) is 18.1. The molecule has 0 radical (unpaired) electrons. The van der Waals surface area contributed by atoms with Crippen LogP contribution in [0.3, 0.4) is 0 Å². The van der Waals surface area contributed by atoms with Crippen molar-refractivity contribution in [3.05, 3.63) is 47.5 Å². The zero-order valence-electron chi connectivity index (χ0n) is 21.9. The molecule has 208 valence electrons. The number of benzene rings is 2. The highest BCUT2D eigenvalue weighted by Crippen LogP contribution is 2.29. The van der Waals surface area contributed by atoms with Gasteiger partial charge in [0.2, 0.25) is 0 Å². The normalized spacial score (nSPS) is 18.3. The summed E-state index contributed by atoms with van der Waals surface area (Å²) < 4.78 is 45.2. The zero-order chi connectivity index (χ0) is 27.9. The van der Waals surface area contributed by atoms with E-state index in [0.717, 1.165) is 0 Å². The number of nitrogens with zero attached hydrogens (tertiary/aromatic N) is 1. The fraction of sp³-hybridized carbons (Fsp3) is 0.462. The van der Waals surface area contributed by atoms with Gasteiger partial charge < -0.3 is 29.4 Å². The van der Waals surface area contributed by atoms with Crippen molar-refractivity contribution in [1.29, 1.82) is 0 Å². The van der Waals surface area contributed by atoms with Crippen LogP contribution in [0.2, 0.25) is 0 Å². The molecular weight excluding hydrogens is 516 g/mol. The highest BCUT2D eigenvalue weighted by molar-refractivity contribution is 7.91. The van der Waals surface area contributed by atoms with E-state index in [2.05, 4.69) is 5.32 Å². The molecule has 0 unspecified atom stereocenters. The summed E-state index contributed by atoms with van der Waals surface area (Å²) in [6.45, 7) is 0.396. The van der Waals surface area contributed by atoms with Crippen LogP contribution in [0.5, 0.6) is 23.0 Å². The highest BCUT2D eigenvalue weighted by Gasteiger charge is 2.40. The predicted octanol–water partition coefficient (Wildman–Crippen LogP) is 0.836. The SMILES string of the molecule is COc1ccc(C(=O)CNCCN(CC(=O)c2ccc(OC)c(OC)c2)[C@H]2CS(=O)(=O)C[C@H]2O)cc1OC. The number of rotatable bonds is 14. The van der Waals surface area contributed by atoms with Gasteiger partial charge in [0.05, 0.1) is 65.2 Å². The fourth-order valence-corrected chi connectivity index (χ4v) is 6.18. The Hall–Kier alpha value is -3.19. The van der Waals surface area contributed by atoms with Crippen LogP contribution in [0.25, 0.3) is 0 Å². The van der Waals surface area contributed by atoms with E-state index in [1.54, 1.807) is 41.3 Å². The average molecular weight is 551 g/mol. The second-order valence-corrected chi connectivity index (χ2v) is 11.0. The summed E-state index contributed by atoms with van der Waals surface area (Å²) in [5.74, 6) is 0.755. The third-order valence-corrected chi connectivity index (χ3v) is 8.08. The van der Waals surface area contributed by atoms with Gasteiger partial charge in [0.15, 0.2) is 44.4 Å². The molecule has 11 nitrogen and oxygen atoms in total. The number of sulfone groups is 1. The topological polar surface area (TPSA) is 141 Å². The molecule has 2 N–H and O–H groups in total. The summed E-state index contributed by atoms with van der Waals surface area (Å²) in [5.41, 5.74) is 0.799. The molecule has 2 aromatic carbocycles. The Balaban J connectivity index is 1.67. The van der Waals surface area contributed by atoms with Gasteiger partial charge >= 0.3 is 0 Å². The second-order valence-electron chi connectivity index (χ2n) is 8.84. The number of Topliss-reactive ketones (excluding diaryl/α,β-unsaturated/α-hetero) is 2. The predicted molar refractivity (Wildman–Crippen MR) is 141 cm³/mol. The summed E-state index contributed by atoms with van der Waals surface area (Å²) in [4.78, 5) is 27.4. The van der Waals surface area contributed by atoms with E-state index in [-0.39, 0.29) is 49.3 Å². The molecule has 2 atom stereocenters. The lowest BCUT2D eigenvalue weighted by Gasteiger charge is -2.29. The van der Waals surface area contributed by atoms with Crippen molar-refractivity contribution in [2.24, 2.45) is 0 Å². The van der Waals surface area contributed by atoms with Gasteiger partial charge in [-0.2, -0.15) is 0 Å². The number of carbonyl (C=O) groups excluding carboxylic acids is 2. The van der Waals surface area contributed by atoms with Gasteiger partial charge in [-0.15, -0.1) is 0 Å². The summed E-state index contributed by atoms with van der Waals surface area (Å²) in [6.07, 6.45) is -1.12. The monoisotopic (exact) mass is 550 g/mol. The van der Waals surface area contributed by atoms with Crippen molar-refractivity contribution in [2.45, 2.75) is 12.1 Å². The lowest BCUT2D eigenvalue weighted by atomic mass is 10.1. The molecule has 38 heavy (non-hydrogen) atoms. The van der Waals surface area contributed by atoms with Gasteiger partial charge in [-0.3, -0.25) is 14.5 Å². The van der Waals surface area contributed by atoms with Crippen LogP contribution in [0, 0.1) is 0 Å². The molecular formula is C26H34N2O9S. The van der Waals surface area contributed by atoms with Crippen molar-refractivity contribution in [2.75, 3.05) is 66.1 Å². The summed E-state index contributed by atoms with van der Waals surface area (Å²) in [5, 5.41) is 13.5. The number of aliphatic hydroxyl groups excluding tert-OH is 1. The number of hydrogen-bond donors (Lipinski definition) is 2. The van der Waals surface area contributed by atoms with Crippen molar-refractivity contribution in [3.63, 3.8) is 0 Å². The lowest BCUT2D eigenvalue weighted by Crippen LogP contribution is -2.48. The number of nitrogens with one attached hydrogen (secondary N) is 1. The lowest BCUT2D eigenvalue weighted by molar-refractivity contribution is 0.0696. The van der Waals surface area contributed by atoms with Crippen LogP contribution >= 0.6 is 0 Å². The van der Waals surface area contributed by atoms with Gasteiger partial charge in [0.1, 0.15) is 0 Å². The summed E-state index contributed by atoms with van der Waals surface area (Å²) in [6, 6.07) is 8.91. The maximum absolute atomic E-state index is 13.1. The van der Waals surface area contributed by atoms with E-state index in [9.17, 15) is 23.1 Å². The molecule has 0 amide bonds. The molecule has 0 aliphatic carbocycles. The van der Waals surface area contributed by atoms with E-state index in [4.69, 9.17) is 18.9 Å². The molecule has 1 aliphatic rings. The van der Waals surface area contributed by atoms with E-state index in [0.29, 0.717) is 34.1 Å². The second kappa shape index (κ2) is 13.1. The van der Waals surface area contributed by atoms with Crippen LogP contribution in [0.4, 0.5) is 0 Å². The maximum Gasteiger partial charge on any atom is 0.176 e. The largest absolute Gasteiger partial charge is 0.493 e. The minimum Gasteiger partial charge on any atom is -0.493 e. The van der Waals surface area contributed by atoms with Crippen LogP contribution < -0.4 is 24.3 Å². The first-order valence-corrected chi connectivity index (χ1v) is 13.8. The van der Waals surface area contributed by atoms with E-state index in [1.165, 1.54) is 28.4 Å². The fourth-order valence-electron chi connectivity index (χ4n) is 4.34. The number of ketones is 2. The van der Waals surface area contributed by atoms with Gasteiger partial charge in [0, 0.05) is 24.2 Å². The Kier molecular flexibility index (Phi) is 10.1. The molecule has 0 spiro atoms. The van der Waals surface area contributed by atoms with Gasteiger partial charge in [0.25, 0.3) is 0 Å². The molecule has 1 saturated heterocycles. The molecule has 0 aromatic heterocycles. The minimum absolute atomic E-state index is 0.0124. The molecule has 2 aromatic rings. The van der Waals surface area contributed by atoms with Crippen molar-refractivity contribution in [3.8, 4) is 23.0 Å². The molecule has 3 rings (SSSR count). The number of carbonyl (C=O) groups is 2. The van der Waals surface area contributed by atoms with Gasteiger partial charge in [-0.1, -0.05) is 0 Å². The Bertz CT molecular complexity index is 1250. The Labute approximate surface area is 222 Å². The standard InChI is InChI=1S/C26H34N2O9S/c1-34-23-7-5-17(11-25(23)36-3)20(29)13-27-9-10-28(19-15-38(32,33)16-22(19)31)14-21(30)18-6-8-24(35-2)26(12-18)37-4/h5-8,11-12,19,22,27,31H,9-10,13-16H2,1-4H3/t19-,22+/m0/s1. The first-order valence-electron chi connectivity index (χ1n) is 12.0. The molecule has 0 bridgehead atoms. The van der Waals surface area contributed by atoms with Crippen LogP contribution in [0.1, 0.15) is 20.7 Å². The molecule has 0 saturated carbocycles. The molecule has 1 fully saturated rings.